The Kier molecular flexibility index (Phi) is 7.45. The van der Waals surface area contributed by atoms with Crippen LogP contribution in [-0.4, -0.2) is 70.9 Å². The highest BCUT2D eigenvalue weighted by atomic mass is 19.4. The first-order valence-electron chi connectivity index (χ1n) is 15.1. The van der Waals surface area contributed by atoms with Crippen LogP contribution in [0.4, 0.5) is 13.2 Å². The van der Waals surface area contributed by atoms with Crippen LogP contribution in [-0.2, 0) is 18.3 Å². The largest absolute Gasteiger partial charge is 0.474 e. The Morgan fingerprint density at radius 2 is 1.93 bits per heavy atom. The third-order valence-electron chi connectivity index (χ3n) is 9.23. The van der Waals surface area contributed by atoms with Crippen molar-refractivity contribution in [3.63, 3.8) is 0 Å². The molecular formula is C30H33F3N10O. The van der Waals surface area contributed by atoms with Gasteiger partial charge in [0.2, 0.25) is 11.7 Å². The number of fused-ring (bicyclic) bond motifs is 1. The second-order valence-corrected chi connectivity index (χ2v) is 12.2. The molecule has 11 nitrogen and oxygen atoms in total. The SMILES string of the molecule is N#CCC1(n2cc(-c3ncnc4[nH]ccc34)cn2)CN([C@H]2CC[C@@H](Oc3cc(CNC4CCC4)nc(C(F)(F)F)n3)CC2)C1. The summed E-state index contributed by atoms with van der Waals surface area (Å²) in [5.74, 6) is -1.18. The third kappa shape index (κ3) is 5.61. The molecule has 5 heterocycles. The van der Waals surface area contributed by atoms with Crippen LogP contribution >= 0.6 is 0 Å². The maximum Gasteiger partial charge on any atom is 0.451 e. The lowest BCUT2D eigenvalue weighted by Crippen LogP contribution is -2.65. The summed E-state index contributed by atoms with van der Waals surface area (Å²) in [6.07, 6.45) is 8.86. The molecule has 3 fully saturated rings. The zero-order valence-electron chi connectivity index (χ0n) is 24.1. The quantitative estimate of drug-likeness (QED) is 0.281. The Balaban J connectivity index is 0.975. The third-order valence-corrected chi connectivity index (χ3v) is 9.23. The number of hydrogen-bond acceptors (Lipinski definition) is 9. The molecule has 0 atom stereocenters. The Bertz CT molecular complexity index is 1660. The van der Waals surface area contributed by atoms with E-state index in [0.29, 0.717) is 44.4 Å². The lowest BCUT2D eigenvalue weighted by atomic mass is 9.82. The molecule has 230 valence electrons. The van der Waals surface area contributed by atoms with Gasteiger partial charge >= 0.3 is 6.18 Å². The highest BCUT2D eigenvalue weighted by Crippen LogP contribution is 2.39. The van der Waals surface area contributed by atoms with Gasteiger partial charge in [-0.05, 0) is 44.6 Å². The van der Waals surface area contributed by atoms with Gasteiger partial charge in [0.05, 0.1) is 30.1 Å². The maximum atomic E-state index is 13.5. The fraction of sp³-hybridized carbons (Fsp3) is 0.533. The summed E-state index contributed by atoms with van der Waals surface area (Å²) in [5.41, 5.74) is 2.27. The molecule has 1 aliphatic heterocycles. The van der Waals surface area contributed by atoms with Crippen molar-refractivity contribution < 1.29 is 17.9 Å². The molecule has 44 heavy (non-hydrogen) atoms. The molecule has 0 aromatic carbocycles. The second kappa shape index (κ2) is 11.4. The van der Waals surface area contributed by atoms with Crippen LogP contribution in [0.15, 0.2) is 37.1 Å². The number of rotatable bonds is 9. The van der Waals surface area contributed by atoms with Gasteiger partial charge in [0.15, 0.2) is 0 Å². The average molecular weight is 607 g/mol. The van der Waals surface area contributed by atoms with E-state index in [1.54, 1.807) is 6.20 Å². The van der Waals surface area contributed by atoms with E-state index in [1.807, 2.05) is 23.1 Å². The molecule has 4 aromatic rings. The fourth-order valence-electron chi connectivity index (χ4n) is 6.57. The summed E-state index contributed by atoms with van der Waals surface area (Å²) >= 11 is 0. The number of alkyl halides is 3. The van der Waals surface area contributed by atoms with E-state index >= 15 is 0 Å². The first-order chi connectivity index (χ1) is 21.3. The zero-order valence-corrected chi connectivity index (χ0v) is 24.1. The van der Waals surface area contributed by atoms with Crippen molar-refractivity contribution in [3.8, 4) is 23.2 Å². The number of nitrogens with one attached hydrogen (secondary N) is 2. The fourth-order valence-corrected chi connectivity index (χ4v) is 6.57. The highest BCUT2D eigenvalue weighted by molar-refractivity contribution is 5.90. The van der Waals surface area contributed by atoms with Gasteiger partial charge in [-0.25, -0.2) is 15.0 Å². The predicted octanol–water partition coefficient (Wildman–Crippen LogP) is 4.59. The first-order valence-corrected chi connectivity index (χ1v) is 15.1. The van der Waals surface area contributed by atoms with Gasteiger partial charge in [-0.15, -0.1) is 0 Å². The number of likely N-dealkylation sites (tertiary alicyclic amines) is 1. The smallest absolute Gasteiger partial charge is 0.451 e. The normalized spacial score (nSPS) is 22.3. The molecule has 14 heteroatoms. The van der Waals surface area contributed by atoms with Crippen LogP contribution < -0.4 is 10.1 Å². The molecule has 2 aliphatic carbocycles. The molecule has 0 radical (unpaired) electrons. The van der Waals surface area contributed by atoms with Crippen molar-refractivity contribution in [2.45, 2.75) is 87.8 Å². The van der Waals surface area contributed by atoms with E-state index in [-0.39, 0.29) is 24.2 Å². The predicted molar refractivity (Wildman–Crippen MR) is 153 cm³/mol. The lowest BCUT2D eigenvalue weighted by molar-refractivity contribution is -0.145. The van der Waals surface area contributed by atoms with E-state index in [0.717, 1.165) is 54.4 Å². The molecule has 0 bridgehead atoms. The topological polar surface area (TPSA) is 133 Å². The second-order valence-electron chi connectivity index (χ2n) is 12.2. The number of nitrogens with zero attached hydrogens (tertiary/aromatic N) is 8. The van der Waals surface area contributed by atoms with Crippen LogP contribution in [0.1, 0.15) is 62.9 Å². The van der Waals surface area contributed by atoms with Gasteiger partial charge in [-0.3, -0.25) is 9.58 Å². The van der Waals surface area contributed by atoms with Crippen LogP contribution in [0, 0.1) is 11.3 Å². The molecule has 0 spiro atoms. The highest BCUT2D eigenvalue weighted by Gasteiger charge is 2.48. The molecule has 0 amide bonds. The number of aromatic amines is 1. The van der Waals surface area contributed by atoms with Crippen LogP contribution in [0.5, 0.6) is 5.88 Å². The van der Waals surface area contributed by atoms with E-state index < -0.39 is 17.5 Å². The monoisotopic (exact) mass is 606 g/mol. The van der Waals surface area contributed by atoms with Gasteiger partial charge in [0.1, 0.15) is 23.6 Å². The zero-order chi connectivity index (χ0) is 30.3. The minimum absolute atomic E-state index is 0.0201. The van der Waals surface area contributed by atoms with Crippen molar-refractivity contribution >= 4 is 11.0 Å². The molecule has 1 saturated heterocycles. The standard InChI is InChI=1S/C30H33F3N10O/c31-30(32,33)28-40-21(14-36-20-2-1-3-20)12-25(41-28)44-23-6-4-22(5-7-23)42-16-29(17-42,9-10-34)43-15-19(13-39-43)26-24-8-11-35-27(24)38-18-37-26/h8,11-13,15,18,20,22-23,36H,1-7,9,14,16-17H2,(H,35,37,38)/t22-,23+. The number of nitriles is 1. The van der Waals surface area contributed by atoms with Gasteiger partial charge in [0.25, 0.3) is 0 Å². The molecule has 4 aromatic heterocycles. The average Bonchev–Trinajstić information content (AvgIpc) is 3.64. The summed E-state index contributed by atoms with van der Waals surface area (Å²) in [4.78, 5) is 21.6. The summed E-state index contributed by atoms with van der Waals surface area (Å²) < 4.78 is 48.5. The van der Waals surface area contributed by atoms with Gasteiger partial charge in [-0.1, -0.05) is 6.42 Å². The Morgan fingerprint density at radius 3 is 2.66 bits per heavy atom. The van der Waals surface area contributed by atoms with Crippen LogP contribution in [0.2, 0.25) is 0 Å². The molecule has 0 unspecified atom stereocenters. The Labute approximate surface area is 251 Å². The van der Waals surface area contributed by atoms with Crippen LogP contribution in [0.25, 0.3) is 22.3 Å². The summed E-state index contributed by atoms with van der Waals surface area (Å²) in [6, 6.07) is 6.44. The van der Waals surface area contributed by atoms with Crippen molar-refractivity contribution in [1.29, 1.82) is 5.26 Å². The van der Waals surface area contributed by atoms with Crippen molar-refractivity contribution in [2.75, 3.05) is 13.1 Å². The van der Waals surface area contributed by atoms with E-state index in [4.69, 9.17) is 4.74 Å². The summed E-state index contributed by atoms with van der Waals surface area (Å²) in [6.45, 7) is 1.64. The van der Waals surface area contributed by atoms with Gasteiger partial charge in [0, 0.05) is 61.1 Å². The number of ether oxygens (including phenoxy) is 1. The summed E-state index contributed by atoms with van der Waals surface area (Å²) in [5, 5.41) is 18.5. The minimum atomic E-state index is -4.64. The molecule has 2 saturated carbocycles. The van der Waals surface area contributed by atoms with E-state index in [1.165, 1.54) is 12.4 Å². The minimum Gasteiger partial charge on any atom is -0.474 e. The number of hydrogen-bond donors (Lipinski definition) is 2. The Hall–Kier alpha value is -4.09. The molecular weight excluding hydrogens is 573 g/mol. The van der Waals surface area contributed by atoms with Gasteiger partial charge < -0.3 is 15.0 Å². The number of aromatic nitrogens is 7. The van der Waals surface area contributed by atoms with Crippen LogP contribution in [0.3, 0.4) is 0 Å². The number of halogens is 3. The van der Waals surface area contributed by atoms with Crippen molar-refractivity contribution in [1.82, 2.24) is 44.9 Å². The molecule has 3 aliphatic rings. The lowest BCUT2D eigenvalue weighted by Gasteiger charge is -2.53. The summed E-state index contributed by atoms with van der Waals surface area (Å²) in [7, 11) is 0. The van der Waals surface area contributed by atoms with Crippen molar-refractivity contribution in [3.05, 3.63) is 48.6 Å². The van der Waals surface area contributed by atoms with Gasteiger partial charge in [-0.2, -0.15) is 28.5 Å². The molecule has 7 rings (SSSR count). The van der Waals surface area contributed by atoms with E-state index in [2.05, 4.69) is 46.3 Å². The van der Waals surface area contributed by atoms with Crippen molar-refractivity contribution in [2.24, 2.45) is 0 Å². The maximum absolute atomic E-state index is 13.5. The first kappa shape index (κ1) is 28.7. The Morgan fingerprint density at radius 1 is 1.11 bits per heavy atom. The molecule has 2 N–H and O–H groups in total. The van der Waals surface area contributed by atoms with E-state index in [9.17, 15) is 18.4 Å². The number of H-pyrrole nitrogens is 1.